The molecule has 7 heteroatoms. The number of sulfone groups is 1. The van der Waals surface area contributed by atoms with Gasteiger partial charge in [-0.15, -0.1) is 0 Å². The maximum atomic E-state index is 11.1. The predicted octanol–water partition coefficient (Wildman–Crippen LogP) is 2.28. The van der Waals surface area contributed by atoms with Gasteiger partial charge in [-0.2, -0.15) is 0 Å². The van der Waals surface area contributed by atoms with Crippen LogP contribution in [-0.4, -0.2) is 38.1 Å². The molecule has 0 aliphatic heterocycles. The highest BCUT2D eigenvalue weighted by atomic mass is 79.9. The quantitative estimate of drug-likeness (QED) is 0.785. The molecule has 0 aliphatic carbocycles. The zero-order valence-corrected chi connectivity index (χ0v) is 13.5. The smallest absolute Gasteiger partial charge is 0.328 e. The SMILES string of the molecule is Cc1cc(Br)cc(/C=C/C(=O)O)c1OCCS(C)(=O)=O. The highest BCUT2D eigenvalue weighted by Crippen LogP contribution is 2.29. The Morgan fingerprint density at radius 3 is 2.65 bits per heavy atom. The Balaban J connectivity index is 3.01. The summed E-state index contributed by atoms with van der Waals surface area (Å²) in [6, 6.07) is 3.52. The van der Waals surface area contributed by atoms with Crippen LogP contribution in [-0.2, 0) is 14.6 Å². The second kappa shape index (κ2) is 6.90. The van der Waals surface area contributed by atoms with Crippen LogP contribution in [0.25, 0.3) is 6.08 Å². The molecular weight excluding hydrogens is 348 g/mol. The molecule has 0 atom stereocenters. The van der Waals surface area contributed by atoms with Crippen molar-refractivity contribution in [1.82, 2.24) is 0 Å². The topological polar surface area (TPSA) is 80.7 Å². The van der Waals surface area contributed by atoms with Crippen LogP contribution in [0.3, 0.4) is 0 Å². The average Bonchev–Trinajstić information content (AvgIpc) is 2.27. The summed E-state index contributed by atoms with van der Waals surface area (Å²) >= 11 is 3.32. The minimum absolute atomic E-state index is 0.0230. The van der Waals surface area contributed by atoms with E-state index in [-0.39, 0.29) is 12.4 Å². The van der Waals surface area contributed by atoms with Gasteiger partial charge in [-0.25, -0.2) is 13.2 Å². The van der Waals surface area contributed by atoms with Gasteiger partial charge in [0.2, 0.25) is 0 Å². The van der Waals surface area contributed by atoms with Crippen molar-refractivity contribution in [2.24, 2.45) is 0 Å². The third kappa shape index (κ3) is 5.75. The van der Waals surface area contributed by atoms with Crippen LogP contribution in [0.1, 0.15) is 11.1 Å². The normalized spacial score (nSPS) is 11.8. The number of ether oxygens (including phenoxy) is 1. The summed E-state index contributed by atoms with van der Waals surface area (Å²) < 4.78 is 28.4. The van der Waals surface area contributed by atoms with Crippen LogP contribution in [0.4, 0.5) is 0 Å². The van der Waals surface area contributed by atoms with Crippen molar-refractivity contribution in [3.8, 4) is 5.75 Å². The molecule has 20 heavy (non-hydrogen) atoms. The number of carboxylic acid groups (broad SMARTS) is 1. The van der Waals surface area contributed by atoms with Gasteiger partial charge in [0.05, 0.1) is 5.75 Å². The van der Waals surface area contributed by atoms with Crippen LogP contribution in [0, 0.1) is 6.92 Å². The first-order valence-electron chi connectivity index (χ1n) is 5.71. The number of halogens is 1. The Labute approximate surface area is 126 Å². The van der Waals surface area contributed by atoms with E-state index in [1.165, 1.54) is 6.08 Å². The second-order valence-electron chi connectivity index (χ2n) is 4.29. The van der Waals surface area contributed by atoms with Crippen molar-refractivity contribution < 1.29 is 23.1 Å². The molecule has 0 unspecified atom stereocenters. The average molecular weight is 363 g/mol. The highest BCUT2D eigenvalue weighted by Gasteiger charge is 2.09. The van der Waals surface area contributed by atoms with Crippen LogP contribution in [0.2, 0.25) is 0 Å². The largest absolute Gasteiger partial charge is 0.492 e. The van der Waals surface area contributed by atoms with Crippen molar-refractivity contribution in [3.05, 3.63) is 33.8 Å². The molecule has 0 saturated heterocycles. The minimum Gasteiger partial charge on any atom is -0.492 e. The summed E-state index contributed by atoms with van der Waals surface area (Å²) in [5.74, 6) is -0.677. The molecule has 0 bridgehead atoms. The Morgan fingerprint density at radius 2 is 2.10 bits per heavy atom. The molecule has 5 nitrogen and oxygen atoms in total. The van der Waals surface area contributed by atoms with E-state index in [0.717, 1.165) is 22.4 Å². The Morgan fingerprint density at radius 1 is 1.45 bits per heavy atom. The Bertz CT molecular complexity index is 634. The number of rotatable bonds is 6. The number of aryl methyl sites for hydroxylation is 1. The fourth-order valence-electron chi connectivity index (χ4n) is 1.53. The van der Waals surface area contributed by atoms with Crippen molar-refractivity contribution in [2.45, 2.75) is 6.92 Å². The summed E-state index contributed by atoms with van der Waals surface area (Å²) in [5.41, 5.74) is 1.37. The van der Waals surface area contributed by atoms with Gasteiger partial charge in [0.15, 0.2) is 9.84 Å². The van der Waals surface area contributed by atoms with Gasteiger partial charge in [0.1, 0.15) is 12.4 Å². The lowest BCUT2D eigenvalue weighted by molar-refractivity contribution is -0.131. The molecule has 0 aromatic heterocycles. The van der Waals surface area contributed by atoms with E-state index >= 15 is 0 Å². The number of aliphatic carboxylic acids is 1. The predicted molar refractivity (Wildman–Crippen MR) is 80.8 cm³/mol. The first-order chi connectivity index (χ1) is 9.19. The minimum atomic E-state index is -3.10. The summed E-state index contributed by atoms with van der Waals surface area (Å²) in [4.78, 5) is 10.6. The second-order valence-corrected chi connectivity index (χ2v) is 7.47. The summed E-state index contributed by atoms with van der Waals surface area (Å²) in [6.45, 7) is 1.83. The van der Waals surface area contributed by atoms with Crippen LogP contribution < -0.4 is 4.74 Å². The lowest BCUT2D eigenvalue weighted by atomic mass is 10.1. The first-order valence-corrected chi connectivity index (χ1v) is 8.56. The molecule has 0 heterocycles. The van der Waals surface area contributed by atoms with Gasteiger partial charge in [-0.1, -0.05) is 15.9 Å². The molecule has 0 radical (unpaired) electrons. The lowest BCUT2D eigenvalue weighted by Gasteiger charge is -2.12. The number of carbonyl (C=O) groups is 1. The molecule has 1 aromatic carbocycles. The van der Waals surface area contributed by atoms with Crippen molar-refractivity contribution in [1.29, 1.82) is 0 Å². The van der Waals surface area contributed by atoms with Gasteiger partial charge in [0, 0.05) is 22.4 Å². The monoisotopic (exact) mass is 362 g/mol. The highest BCUT2D eigenvalue weighted by molar-refractivity contribution is 9.10. The van der Waals surface area contributed by atoms with Crippen molar-refractivity contribution in [2.75, 3.05) is 18.6 Å². The van der Waals surface area contributed by atoms with Crippen LogP contribution in [0.15, 0.2) is 22.7 Å². The van der Waals surface area contributed by atoms with Gasteiger partial charge in [-0.3, -0.25) is 0 Å². The van der Waals surface area contributed by atoms with Crippen LogP contribution >= 0.6 is 15.9 Å². The van der Waals surface area contributed by atoms with Gasteiger partial charge >= 0.3 is 5.97 Å². The molecule has 1 N–H and O–H groups in total. The molecule has 110 valence electrons. The first kappa shape index (κ1) is 16.7. The number of hydrogen-bond donors (Lipinski definition) is 1. The Kier molecular flexibility index (Phi) is 5.76. The molecule has 0 spiro atoms. The molecule has 0 saturated carbocycles. The van der Waals surface area contributed by atoms with E-state index in [9.17, 15) is 13.2 Å². The van der Waals surface area contributed by atoms with E-state index < -0.39 is 15.8 Å². The van der Waals surface area contributed by atoms with E-state index in [0.29, 0.717) is 11.3 Å². The molecule has 1 rings (SSSR count). The molecule has 0 amide bonds. The van der Waals surface area contributed by atoms with Crippen molar-refractivity contribution >= 4 is 37.8 Å². The molecule has 1 aromatic rings. The van der Waals surface area contributed by atoms with E-state index in [1.807, 2.05) is 6.07 Å². The fourth-order valence-corrected chi connectivity index (χ4v) is 2.51. The fraction of sp³-hybridized carbons (Fsp3) is 0.308. The maximum absolute atomic E-state index is 11.1. The van der Waals surface area contributed by atoms with E-state index in [1.54, 1.807) is 13.0 Å². The molecule has 0 aliphatic rings. The third-order valence-electron chi connectivity index (χ3n) is 2.37. The zero-order chi connectivity index (χ0) is 15.3. The van der Waals surface area contributed by atoms with Gasteiger partial charge in [0.25, 0.3) is 0 Å². The lowest BCUT2D eigenvalue weighted by Crippen LogP contribution is -2.13. The number of benzene rings is 1. The van der Waals surface area contributed by atoms with Crippen molar-refractivity contribution in [3.63, 3.8) is 0 Å². The maximum Gasteiger partial charge on any atom is 0.328 e. The standard InChI is InChI=1S/C13H15BrO5S/c1-9-7-11(14)8-10(3-4-12(15)16)13(9)19-5-6-20(2,17)18/h3-4,7-8H,5-6H2,1-2H3,(H,15,16)/b4-3+. The van der Waals surface area contributed by atoms with E-state index in [4.69, 9.17) is 9.84 Å². The summed E-state index contributed by atoms with van der Waals surface area (Å²) in [5, 5.41) is 8.67. The number of carboxylic acids is 1. The molecular formula is C13H15BrO5S. The third-order valence-corrected chi connectivity index (χ3v) is 3.74. The summed E-state index contributed by atoms with van der Waals surface area (Å²) in [6.07, 6.45) is 3.55. The molecule has 0 fully saturated rings. The van der Waals surface area contributed by atoms with Gasteiger partial charge < -0.3 is 9.84 Å². The van der Waals surface area contributed by atoms with E-state index in [2.05, 4.69) is 15.9 Å². The zero-order valence-electron chi connectivity index (χ0n) is 11.1. The van der Waals surface area contributed by atoms with Crippen LogP contribution in [0.5, 0.6) is 5.75 Å². The Hall–Kier alpha value is -1.34. The van der Waals surface area contributed by atoms with Gasteiger partial charge in [-0.05, 0) is 30.7 Å². The number of hydrogen-bond acceptors (Lipinski definition) is 4. The summed E-state index contributed by atoms with van der Waals surface area (Å²) in [7, 11) is -3.10.